The first kappa shape index (κ1) is 10.2. The summed E-state index contributed by atoms with van der Waals surface area (Å²) in [6.45, 7) is 0. The molecular formula is C8H6ClO3S-. The smallest absolute Gasteiger partial charge is 0.0678 e. The van der Waals surface area contributed by atoms with Crippen molar-refractivity contribution >= 4 is 28.4 Å². The third-order valence-corrected chi connectivity index (χ3v) is 2.87. The van der Waals surface area contributed by atoms with Crippen LogP contribution in [-0.2, 0) is 15.6 Å². The Morgan fingerprint density at radius 2 is 1.92 bits per heavy atom. The molecule has 0 aliphatic rings. The first-order valence-corrected chi connectivity index (χ1v) is 5.13. The van der Waals surface area contributed by atoms with Crippen LogP contribution in [0.4, 0.5) is 0 Å². The number of halogens is 1. The Labute approximate surface area is 82.8 Å². The van der Waals surface area contributed by atoms with Gasteiger partial charge in [-0.1, -0.05) is 11.6 Å². The molecule has 0 aliphatic carbocycles. The highest BCUT2D eigenvalue weighted by atomic mass is 35.5. The standard InChI is InChI=1S/C8H7ClO3S/c9-6-1-3-7(4-2-6)13(12)5-8(10)11/h1-4H,5H2,(H,10,11)/p-1. The van der Waals surface area contributed by atoms with E-state index in [0.29, 0.717) is 9.92 Å². The predicted molar refractivity (Wildman–Crippen MR) is 47.7 cm³/mol. The third kappa shape index (κ3) is 3.16. The Bertz CT molecular complexity index is 334. The van der Waals surface area contributed by atoms with Crippen LogP contribution in [0.15, 0.2) is 29.2 Å². The normalized spacial score (nSPS) is 12.4. The van der Waals surface area contributed by atoms with E-state index in [2.05, 4.69) is 0 Å². The lowest BCUT2D eigenvalue weighted by molar-refractivity contribution is -0.301. The third-order valence-electron chi connectivity index (χ3n) is 1.33. The lowest BCUT2D eigenvalue weighted by atomic mass is 10.4. The largest absolute Gasteiger partial charge is 0.549 e. The van der Waals surface area contributed by atoms with Crippen LogP contribution in [0.25, 0.3) is 0 Å². The van der Waals surface area contributed by atoms with Crippen molar-refractivity contribution in [3.8, 4) is 0 Å². The number of benzene rings is 1. The maximum absolute atomic E-state index is 11.2. The number of hydrogen-bond acceptors (Lipinski definition) is 3. The number of hydrogen-bond donors (Lipinski definition) is 0. The maximum Gasteiger partial charge on any atom is 0.0678 e. The minimum atomic E-state index is -1.54. The highest BCUT2D eigenvalue weighted by Crippen LogP contribution is 2.12. The van der Waals surface area contributed by atoms with Gasteiger partial charge in [0.05, 0.1) is 22.5 Å². The second-order valence-corrected chi connectivity index (χ2v) is 4.20. The molecule has 0 bridgehead atoms. The van der Waals surface area contributed by atoms with E-state index in [1.165, 1.54) is 12.1 Å². The van der Waals surface area contributed by atoms with E-state index >= 15 is 0 Å². The molecule has 0 heterocycles. The molecule has 0 fully saturated rings. The number of carboxylic acid groups (broad SMARTS) is 1. The van der Waals surface area contributed by atoms with Gasteiger partial charge in [0, 0.05) is 9.92 Å². The molecule has 1 aromatic rings. The fourth-order valence-corrected chi connectivity index (χ4v) is 1.72. The minimum absolute atomic E-state index is 0.439. The van der Waals surface area contributed by atoms with Crippen molar-refractivity contribution in [3.05, 3.63) is 29.3 Å². The molecule has 5 heteroatoms. The topological polar surface area (TPSA) is 57.2 Å². The van der Waals surface area contributed by atoms with Gasteiger partial charge in [0.25, 0.3) is 0 Å². The van der Waals surface area contributed by atoms with Gasteiger partial charge in [-0.3, -0.25) is 4.21 Å². The van der Waals surface area contributed by atoms with Crippen molar-refractivity contribution in [2.75, 3.05) is 5.75 Å². The summed E-state index contributed by atoms with van der Waals surface area (Å²) in [6, 6.07) is 6.18. The zero-order valence-corrected chi connectivity index (χ0v) is 8.10. The Morgan fingerprint density at radius 1 is 1.38 bits per heavy atom. The van der Waals surface area contributed by atoms with Gasteiger partial charge in [0.15, 0.2) is 0 Å². The van der Waals surface area contributed by atoms with Crippen molar-refractivity contribution in [1.82, 2.24) is 0 Å². The number of aliphatic carboxylic acids is 1. The Morgan fingerprint density at radius 3 is 2.38 bits per heavy atom. The first-order valence-electron chi connectivity index (χ1n) is 3.43. The van der Waals surface area contributed by atoms with Crippen LogP contribution in [0.3, 0.4) is 0 Å². The molecule has 0 aromatic heterocycles. The van der Waals surface area contributed by atoms with Crippen molar-refractivity contribution in [2.45, 2.75) is 4.90 Å². The second-order valence-electron chi connectivity index (χ2n) is 2.32. The summed E-state index contributed by atoms with van der Waals surface area (Å²) in [5, 5.41) is 10.6. The fraction of sp³-hybridized carbons (Fsp3) is 0.125. The van der Waals surface area contributed by atoms with Gasteiger partial charge < -0.3 is 9.90 Å². The van der Waals surface area contributed by atoms with Crippen LogP contribution < -0.4 is 5.11 Å². The van der Waals surface area contributed by atoms with Crippen molar-refractivity contribution in [3.63, 3.8) is 0 Å². The SMILES string of the molecule is O=C([O-])CS(=O)c1ccc(Cl)cc1. The Balaban J connectivity index is 2.78. The highest BCUT2D eigenvalue weighted by Gasteiger charge is 2.02. The van der Waals surface area contributed by atoms with E-state index in [0.717, 1.165) is 0 Å². The molecule has 0 N–H and O–H groups in total. The fourth-order valence-electron chi connectivity index (χ4n) is 0.777. The summed E-state index contributed by atoms with van der Waals surface area (Å²) in [7, 11) is -1.54. The van der Waals surface area contributed by atoms with Crippen molar-refractivity contribution < 1.29 is 14.1 Å². The van der Waals surface area contributed by atoms with Crippen molar-refractivity contribution in [1.29, 1.82) is 0 Å². The van der Waals surface area contributed by atoms with Gasteiger partial charge in [-0.15, -0.1) is 0 Å². The van der Waals surface area contributed by atoms with Gasteiger partial charge in [-0.05, 0) is 24.3 Å². The second kappa shape index (κ2) is 4.39. The minimum Gasteiger partial charge on any atom is -0.549 e. The molecule has 0 saturated heterocycles. The van der Waals surface area contributed by atoms with Crippen LogP contribution in [0.1, 0.15) is 0 Å². The molecule has 1 unspecified atom stereocenters. The molecule has 1 rings (SSSR count). The Kier molecular flexibility index (Phi) is 3.45. The van der Waals surface area contributed by atoms with Crippen molar-refractivity contribution in [2.24, 2.45) is 0 Å². The average Bonchev–Trinajstić information content (AvgIpc) is 2.04. The quantitative estimate of drug-likeness (QED) is 0.727. The summed E-state index contributed by atoms with van der Waals surface area (Å²) < 4.78 is 11.2. The molecule has 1 atom stereocenters. The van der Waals surface area contributed by atoms with Crippen LogP contribution in [0.2, 0.25) is 5.02 Å². The first-order chi connectivity index (χ1) is 6.09. The molecule has 3 nitrogen and oxygen atoms in total. The molecule has 0 amide bonds. The van der Waals surface area contributed by atoms with Gasteiger partial charge in [0.2, 0.25) is 0 Å². The zero-order chi connectivity index (χ0) is 9.84. The van der Waals surface area contributed by atoms with E-state index < -0.39 is 22.5 Å². The van der Waals surface area contributed by atoms with Gasteiger partial charge in [0.1, 0.15) is 0 Å². The molecule has 13 heavy (non-hydrogen) atoms. The number of carbonyl (C=O) groups is 1. The monoisotopic (exact) mass is 217 g/mol. The van der Waals surface area contributed by atoms with Crippen LogP contribution >= 0.6 is 11.6 Å². The van der Waals surface area contributed by atoms with Gasteiger partial charge in [-0.25, -0.2) is 0 Å². The molecule has 0 radical (unpaired) electrons. The maximum atomic E-state index is 11.2. The van der Waals surface area contributed by atoms with Gasteiger partial charge in [-0.2, -0.15) is 0 Å². The highest BCUT2D eigenvalue weighted by molar-refractivity contribution is 7.85. The zero-order valence-electron chi connectivity index (χ0n) is 6.53. The van der Waals surface area contributed by atoms with Gasteiger partial charge >= 0.3 is 0 Å². The van der Waals surface area contributed by atoms with E-state index in [1.807, 2.05) is 0 Å². The molecular weight excluding hydrogens is 212 g/mol. The van der Waals surface area contributed by atoms with Crippen LogP contribution in [0, 0.1) is 0 Å². The molecule has 0 spiro atoms. The van der Waals surface area contributed by atoms with Crippen LogP contribution in [0.5, 0.6) is 0 Å². The molecule has 70 valence electrons. The molecule has 0 saturated carbocycles. The number of carbonyl (C=O) groups excluding carboxylic acids is 1. The van der Waals surface area contributed by atoms with E-state index in [4.69, 9.17) is 11.6 Å². The summed E-state index contributed by atoms with van der Waals surface area (Å²) in [6.07, 6.45) is 0. The summed E-state index contributed by atoms with van der Waals surface area (Å²) >= 11 is 5.59. The van der Waals surface area contributed by atoms with E-state index in [9.17, 15) is 14.1 Å². The lowest BCUT2D eigenvalue weighted by Crippen LogP contribution is -2.28. The molecule has 1 aromatic carbocycles. The predicted octanol–water partition coefficient (Wildman–Crippen LogP) is 0.197. The van der Waals surface area contributed by atoms with E-state index in [1.54, 1.807) is 12.1 Å². The lowest BCUT2D eigenvalue weighted by Gasteiger charge is -2.02. The molecule has 0 aliphatic heterocycles. The number of rotatable bonds is 3. The Hall–Kier alpha value is -0.870. The average molecular weight is 218 g/mol. The summed E-state index contributed by atoms with van der Waals surface area (Å²) in [4.78, 5) is 10.6. The summed E-state index contributed by atoms with van der Waals surface area (Å²) in [5.74, 6) is -1.81. The van der Waals surface area contributed by atoms with E-state index in [-0.39, 0.29) is 0 Å². The van der Waals surface area contributed by atoms with Crippen LogP contribution in [-0.4, -0.2) is 15.9 Å². The summed E-state index contributed by atoms with van der Waals surface area (Å²) in [5.41, 5.74) is 0. The number of carboxylic acids is 1.